The molecule has 0 heterocycles. The van der Waals surface area contributed by atoms with Crippen LogP contribution in [-0.2, 0) is 10.0 Å². The molecule has 1 rings (SSSR count). The van der Waals surface area contributed by atoms with Gasteiger partial charge in [-0.25, -0.2) is 17.5 Å². The Labute approximate surface area is 142 Å². The van der Waals surface area contributed by atoms with Gasteiger partial charge in [0.15, 0.2) is 17.5 Å². The van der Waals surface area contributed by atoms with Crippen LogP contribution in [0.2, 0.25) is 0 Å². The zero-order valence-corrected chi connectivity index (χ0v) is 15.2. The molecule has 0 saturated heterocycles. The molecule has 9 heteroatoms. The van der Waals surface area contributed by atoms with Crippen LogP contribution in [0.5, 0.6) is 5.75 Å². The second-order valence-electron chi connectivity index (χ2n) is 5.19. The van der Waals surface area contributed by atoms with Crippen LogP contribution in [0.25, 0.3) is 0 Å². The molecule has 1 unspecified atom stereocenters. The Hall–Kier alpha value is -1.87. The van der Waals surface area contributed by atoms with Crippen molar-refractivity contribution in [2.24, 2.45) is 4.99 Å². The molecular formula is C15H25FN4O3S. The second kappa shape index (κ2) is 9.43. The van der Waals surface area contributed by atoms with Crippen molar-refractivity contribution in [3.63, 3.8) is 0 Å². The number of benzene rings is 1. The van der Waals surface area contributed by atoms with Gasteiger partial charge in [0, 0.05) is 13.1 Å². The van der Waals surface area contributed by atoms with E-state index in [0.717, 1.165) is 11.8 Å². The van der Waals surface area contributed by atoms with Crippen molar-refractivity contribution in [2.75, 3.05) is 33.0 Å². The third kappa shape index (κ3) is 7.14. The Morgan fingerprint density at radius 1 is 1.42 bits per heavy atom. The molecule has 0 aliphatic heterocycles. The van der Waals surface area contributed by atoms with Gasteiger partial charge in [0.05, 0.1) is 26.0 Å². The number of nitrogens with one attached hydrogen (secondary N) is 3. The SMILES string of the molecule is CCNC(=NCCNS(C)(=O)=O)NC(C)c1ccc(OC)c(F)c1. The van der Waals surface area contributed by atoms with E-state index in [-0.39, 0.29) is 24.9 Å². The lowest BCUT2D eigenvalue weighted by atomic mass is 10.1. The van der Waals surface area contributed by atoms with Crippen molar-refractivity contribution < 1.29 is 17.5 Å². The first-order valence-electron chi connectivity index (χ1n) is 7.59. The minimum absolute atomic E-state index is 0.189. The van der Waals surface area contributed by atoms with Crippen molar-refractivity contribution in [3.05, 3.63) is 29.6 Å². The van der Waals surface area contributed by atoms with Crippen LogP contribution in [0, 0.1) is 5.82 Å². The standard InChI is InChI=1S/C15H25FN4O3S/c1-5-17-15(18-8-9-19-24(4,21)22)20-11(2)12-6-7-14(23-3)13(16)10-12/h6-7,10-11,19H,5,8-9H2,1-4H3,(H2,17,18,20). The fraction of sp³-hybridized carbons (Fsp3) is 0.533. The average Bonchev–Trinajstić information content (AvgIpc) is 2.50. The molecule has 0 saturated carbocycles. The maximum atomic E-state index is 13.8. The van der Waals surface area contributed by atoms with E-state index in [1.807, 2.05) is 13.8 Å². The van der Waals surface area contributed by atoms with Gasteiger partial charge in [-0.2, -0.15) is 0 Å². The van der Waals surface area contributed by atoms with Crippen LogP contribution in [0.3, 0.4) is 0 Å². The summed E-state index contributed by atoms with van der Waals surface area (Å²) in [4.78, 5) is 4.29. The molecule has 1 atom stereocenters. The topological polar surface area (TPSA) is 91.8 Å². The predicted molar refractivity (Wildman–Crippen MR) is 93.3 cm³/mol. The van der Waals surface area contributed by atoms with Crippen LogP contribution in [0.1, 0.15) is 25.5 Å². The Morgan fingerprint density at radius 3 is 2.67 bits per heavy atom. The Kier molecular flexibility index (Phi) is 7.93. The van der Waals surface area contributed by atoms with E-state index in [9.17, 15) is 12.8 Å². The van der Waals surface area contributed by atoms with Gasteiger partial charge in [0.25, 0.3) is 0 Å². The van der Waals surface area contributed by atoms with Crippen molar-refractivity contribution in [1.82, 2.24) is 15.4 Å². The van der Waals surface area contributed by atoms with Gasteiger partial charge in [-0.15, -0.1) is 0 Å². The number of hydrogen-bond donors (Lipinski definition) is 3. The number of nitrogens with zero attached hydrogens (tertiary/aromatic N) is 1. The zero-order valence-electron chi connectivity index (χ0n) is 14.4. The molecule has 7 nitrogen and oxygen atoms in total. The lowest BCUT2D eigenvalue weighted by molar-refractivity contribution is 0.386. The second-order valence-corrected chi connectivity index (χ2v) is 7.02. The van der Waals surface area contributed by atoms with Crippen LogP contribution < -0.4 is 20.1 Å². The van der Waals surface area contributed by atoms with Gasteiger partial charge in [0.1, 0.15) is 0 Å². The van der Waals surface area contributed by atoms with E-state index < -0.39 is 15.8 Å². The summed E-state index contributed by atoms with van der Waals surface area (Å²) in [5, 5.41) is 6.21. The third-order valence-electron chi connectivity index (χ3n) is 3.12. The summed E-state index contributed by atoms with van der Waals surface area (Å²) in [6.07, 6.45) is 1.10. The Balaban J connectivity index is 2.71. The van der Waals surface area contributed by atoms with E-state index in [2.05, 4.69) is 20.3 Å². The highest BCUT2D eigenvalue weighted by Gasteiger charge is 2.11. The minimum Gasteiger partial charge on any atom is -0.494 e. The quantitative estimate of drug-likeness (QED) is 0.365. The summed E-state index contributed by atoms with van der Waals surface area (Å²) in [5.41, 5.74) is 0.744. The molecule has 0 aliphatic rings. The van der Waals surface area contributed by atoms with Gasteiger partial charge >= 0.3 is 0 Å². The van der Waals surface area contributed by atoms with Gasteiger partial charge in [-0.05, 0) is 31.5 Å². The first-order chi connectivity index (χ1) is 11.3. The number of sulfonamides is 1. The molecule has 0 spiro atoms. The molecule has 0 radical (unpaired) electrons. The van der Waals surface area contributed by atoms with Crippen molar-refractivity contribution in [3.8, 4) is 5.75 Å². The summed E-state index contributed by atoms with van der Waals surface area (Å²) in [5.74, 6) is 0.290. The molecule has 3 N–H and O–H groups in total. The Bertz CT molecular complexity index is 665. The number of rotatable bonds is 8. The summed E-state index contributed by atoms with van der Waals surface area (Å²) >= 11 is 0. The largest absolute Gasteiger partial charge is 0.494 e. The third-order valence-corrected chi connectivity index (χ3v) is 3.85. The lowest BCUT2D eigenvalue weighted by Gasteiger charge is -2.18. The van der Waals surface area contributed by atoms with Crippen LogP contribution in [0.15, 0.2) is 23.2 Å². The number of hydrogen-bond acceptors (Lipinski definition) is 4. The monoisotopic (exact) mass is 360 g/mol. The van der Waals surface area contributed by atoms with Crippen LogP contribution in [0.4, 0.5) is 4.39 Å². The molecular weight excluding hydrogens is 335 g/mol. The Morgan fingerprint density at radius 2 is 2.12 bits per heavy atom. The number of methoxy groups -OCH3 is 1. The van der Waals surface area contributed by atoms with E-state index in [1.165, 1.54) is 13.2 Å². The summed E-state index contributed by atoms with van der Waals surface area (Å²) in [7, 11) is -1.81. The van der Waals surface area contributed by atoms with Gasteiger partial charge in [-0.3, -0.25) is 4.99 Å². The first kappa shape index (κ1) is 20.2. The zero-order chi connectivity index (χ0) is 18.2. The van der Waals surface area contributed by atoms with Crippen LogP contribution >= 0.6 is 0 Å². The van der Waals surface area contributed by atoms with Crippen molar-refractivity contribution >= 4 is 16.0 Å². The molecule has 0 fully saturated rings. The minimum atomic E-state index is -3.23. The van der Waals surface area contributed by atoms with Gasteiger partial charge in [-0.1, -0.05) is 6.07 Å². The molecule has 0 aromatic heterocycles. The van der Waals surface area contributed by atoms with Gasteiger partial charge in [0.2, 0.25) is 10.0 Å². The maximum Gasteiger partial charge on any atom is 0.208 e. The smallest absolute Gasteiger partial charge is 0.208 e. The van der Waals surface area contributed by atoms with E-state index in [4.69, 9.17) is 4.74 Å². The molecule has 0 amide bonds. The normalized spacial score (nSPS) is 13.5. The molecule has 24 heavy (non-hydrogen) atoms. The van der Waals surface area contributed by atoms with Crippen molar-refractivity contribution in [2.45, 2.75) is 19.9 Å². The van der Waals surface area contributed by atoms with E-state index in [1.54, 1.807) is 12.1 Å². The van der Waals surface area contributed by atoms with Gasteiger partial charge < -0.3 is 15.4 Å². The van der Waals surface area contributed by atoms with E-state index in [0.29, 0.717) is 12.5 Å². The van der Waals surface area contributed by atoms with E-state index >= 15 is 0 Å². The first-order valence-corrected chi connectivity index (χ1v) is 9.49. The highest BCUT2D eigenvalue weighted by Crippen LogP contribution is 2.21. The highest BCUT2D eigenvalue weighted by molar-refractivity contribution is 7.88. The molecule has 1 aromatic rings. The lowest BCUT2D eigenvalue weighted by Crippen LogP contribution is -2.39. The summed E-state index contributed by atoms with van der Waals surface area (Å²) in [6.45, 7) is 4.94. The van der Waals surface area contributed by atoms with Crippen molar-refractivity contribution in [1.29, 1.82) is 0 Å². The fourth-order valence-corrected chi connectivity index (χ4v) is 2.42. The molecule has 136 valence electrons. The maximum absolute atomic E-state index is 13.8. The number of aliphatic imine (C=N–C) groups is 1. The number of guanidine groups is 1. The summed E-state index contributed by atoms with van der Waals surface area (Å²) in [6, 6.07) is 4.56. The number of ether oxygens (including phenoxy) is 1. The van der Waals surface area contributed by atoms with Crippen LogP contribution in [-0.4, -0.2) is 47.4 Å². The molecule has 0 bridgehead atoms. The fourth-order valence-electron chi connectivity index (χ4n) is 1.96. The molecule has 0 aliphatic carbocycles. The average molecular weight is 360 g/mol. The molecule has 1 aromatic carbocycles. The highest BCUT2D eigenvalue weighted by atomic mass is 32.2. The summed E-state index contributed by atoms with van der Waals surface area (Å²) < 4.78 is 43.1. The predicted octanol–water partition coefficient (Wildman–Crippen LogP) is 1.000. The number of halogens is 1.